The lowest BCUT2D eigenvalue weighted by molar-refractivity contribution is -0.114. The smallest absolute Gasteiger partial charge is 0.224 e. The summed E-state index contributed by atoms with van der Waals surface area (Å²) in [7, 11) is 1.61. The number of anilines is 3. The van der Waals surface area contributed by atoms with E-state index in [9.17, 15) is 9.18 Å². The number of hydrogen-bond acceptors (Lipinski definition) is 5. The molecule has 1 heterocycles. The van der Waals surface area contributed by atoms with E-state index in [1.54, 1.807) is 24.1 Å². The zero-order valence-corrected chi connectivity index (χ0v) is 15.1. The number of carbonyl (C=O) groups excluding carboxylic acids is 1. The zero-order chi connectivity index (χ0) is 18.4. The number of carbonyl (C=O) groups is 1. The van der Waals surface area contributed by atoms with Crippen molar-refractivity contribution in [3.63, 3.8) is 0 Å². The third kappa shape index (κ3) is 4.87. The molecular formula is C17H20ClFN4O2. The largest absolute Gasteiger partial charge is 0.385 e. The van der Waals surface area contributed by atoms with Crippen molar-refractivity contribution in [1.82, 2.24) is 9.97 Å². The Hall–Kier alpha value is -2.25. The molecule has 0 radical (unpaired) electrons. The lowest BCUT2D eigenvalue weighted by Crippen LogP contribution is -2.23. The summed E-state index contributed by atoms with van der Waals surface area (Å²) in [6.07, 6.45) is 1.70. The van der Waals surface area contributed by atoms with Crippen molar-refractivity contribution in [2.24, 2.45) is 0 Å². The predicted octanol–water partition coefficient (Wildman–Crippen LogP) is 3.71. The standard InChI is InChI=1S/C17H20ClFN4O2/c1-11-14(21-12(2)24)6-4-7-15(11)23(8-5-9-25-3)16-13(19)10-20-17(18)22-16/h4,6-7,10H,5,8-9H2,1-3H3,(H,21,24). The maximum Gasteiger partial charge on any atom is 0.224 e. The highest BCUT2D eigenvalue weighted by Gasteiger charge is 2.19. The van der Waals surface area contributed by atoms with Gasteiger partial charge >= 0.3 is 0 Å². The Bertz CT molecular complexity index is 757. The molecule has 1 N–H and O–H groups in total. The average Bonchev–Trinajstić information content (AvgIpc) is 2.56. The van der Waals surface area contributed by atoms with Crippen LogP contribution in [0.1, 0.15) is 18.9 Å². The highest BCUT2D eigenvalue weighted by Crippen LogP contribution is 2.33. The Labute approximate surface area is 151 Å². The molecule has 1 amide bonds. The molecule has 1 aromatic heterocycles. The summed E-state index contributed by atoms with van der Waals surface area (Å²) < 4.78 is 19.4. The van der Waals surface area contributed by atoms with Crippen LogP contribution in [0.5, 0.6) is 0 Å². The van der Waals surface area contributed by atoms with Gasteiger partial charge in [-0.25, -0.2) is 9.37 Å². The number of aromatic nitrogens is 2. The van der Waals surface area contributed by atoms with E-state index in [0.717, 1.165) is 17.4 Å². The van der Waals surface area contributed by atoms with Gasteiger partial charge < -0.3 is 15.0 Å². The fraction of sp³-hybridized carbons (Fsp3) is 0.353. The first kappa shape index (κ1) is 19.1. The summed E-state index contributed by atoms with van der Waals surface area (Å²) in [4.78, 5) is 20.8. The second kappa shape index (κ2) is 8.73. The number of rotatable bonds is 7. The number of hydrogen-bond donors (Lipinski definition) is 1. The van der Waals surface area contributed by atoms with Gasteiger partial charge in [-0.15, -0.1) is 0 Å². The van der Waals surface area contributed by atoms with Gasteiger partial charge in [0.15, 0.2) is 11.6 Å². The van der Waals surface area contributed by atoms with E-state index in [1.165, 1.54) is 6.92 Å². The van der Waals surface area contributed by atoms with E-state index in [-0.39, 0.29) is 17.0 Å². The molecule has 0 bridgehead atoms. The van der Waals surface area contributed by atoms with Crippen LogP contribution in [-0.2, 0) is 9.53 Å². The summed E-state index contributed by atoms with van der Waals surface area (Å²) >= 11 is 5.85. The van der Waals surface area contributed by atoms with Crippen LogP contribution in [0.2, 0.25) is 5.28 Å². The number of nitrogens with one attached hydrogen (secondary N) is 1. The minimum atomic E-state index is -0.578. The van der Waals surface area contributed by atoms with Crippen LogP contribution < -0.4 is 10.2 Å². The molecule has 0 aliphatic carbocycles. The first-order valence-corrected chi connectivity index (χ1v) is 8.13. The molecule has 6 nitrogen and oxygen atoms in total. The number of nitrogens with zero attached hydrogens (tertiary/aromatic N) is 3. The normalized spacial score (nSPS) is 10.6. The fourth-order valence-electron chi connectivity index (χ4n) is 2.47. The van der Waals surface area contributed by atoms with Gasteiger partial charge in [0, 0.05) is 38.6 Å². The van der Waals surface area contributed by atoms with Crippen LogP contribution in [0.3, 0.4) is 0 Å². The molecule has 0 aliphatic rings. The molecule has 0 fully saturated rings. The fourth-order valence-corrected chi connectivity index (χ4v) is 2.60. The van der Waals surface area contributed by atoms with Crippen molar-refractivity contribution in [3.8, 4) is 0 Å². The van der Waals surface area contributed by atoms with E-state index >= 15 is 0 Å². The van der Waals surface area contributed by atoms with Crippen LogP contribution in [-0.4, -0.2) is 36.1 Å². The molecule has 0 saturated heterocycles. The topological polar surface area (TPSA) is 67.3 Å². The molecule has 2 rings (SSSR count). The molecule has 0 unspecified atom stereocenters. The Balaban J connectivity index is 2.48. The molecule has 0 aliphatic heterocycles. The number of halogens is 2. The first-order chi connectivity index (χ1) is 11.9. The summed E-state index contributed by atoms with van der Waals surface area (Å²) in [6.45, 7) is 4.26. The van der Waals surface area contributed by atoms with Gasteiger partial charge in [-0.2, -0.15) is 4.98 Å². The van der Waals surface area contributed by atoms with Gasteiger partial charge in [0.05, 0.1) is 6.20 Å². The first-order valence-electron chi connectivity index (χ1n) is 7.75. The van der Waals surface area contributed by atoms with Gasteiger partial charge in [-0.3, -0.25) is 4.79 Å². The molecule has 134 valence electrons. The Morgan fingerprint density at radius 3 is 2.88 bits per heavy atom. The van der Waals surface area contributed by atoms with Gasteiger partial charge in [0.25, 0.3) is 0 Å². The number of methoxy groups -OCH3 is 1. The van der Waals surface area contributed by atoms with E-state index in [2.05, 4.69) is 15.3 Å². The minimum absolute atomic E-state index is 0.0381. The average molecular weight is 367 g/mol. The Morgan fingerprint density at radius 2 is 2.20 bits per heavy atom. The number of ether oxygens (including phenoxy) is 1. The lowest BCUT2D eigenvalue weighted by atomic mass is 10.1. The maximum absolute atomic E-state index is 14.3. The van der Waals surface area contributed by atoms with Crippen LogP contribution in [0.25, 0.3) is 0 Å². The highest BCUT2D eigenvalue weighted by atomic mass is 35.5. The SMILES string of the molecule is COCCCN(c1cccc(NC(C)=O)c1C)c1nc(Cl)ncc1F. The lowest BCUT2D eigenvalue weighted by Gasteiger charge is -2.26. The summed E-state index contributed by atoms with van der Waals surface area (Å²) in [6, 6.07) is 5.41. The molecule has 1 aromatic carbocycles. The van der Waals surface area contributed by atoms with Crippen molar-refractivity contribution >= 4 is 34.7 Å². The second-order valence-corrected chi connectivity index (χ2v) is 5.78. The van der Waals surface area contributed by atoms with E-state index in [0.29, 0.717) is 25.3 Å². The highest BCUT2D eigenvalue weighted by molar-refractivity contribution is 6.28. The van der Waals surface area contributed by atoms with Crippen molar-refractivity contribution in [1.29, 1.82) is 0 Å². The van der Waals surface area contributed by atoms with E-state index in [1.807, 2.05) is 13.0 Å². The Kier molecular flexibility index (Phi) is 6.66. The summed E-state index contributed by atoms with van der Waals surface area (Å²) in [5, 5.41) is 2.73. The molecule has 25 heavy (non-hydrogen) atoms. The molecule has 0 saturated carbocycles. The Morgan fingerprint density at radius 1 is 1.44 bits per heavy atom. The third-order valence-electron chi connectivity index (χ3n) is 3.59. The van der Waals surface area contributed by atoms with Crippen molar-refractivity contribution < 1.29 is 13.9 Å². The van der Waals surface area contributed by atoms with Gasteiger partial charge in [0.1, 0.15) is 0 Å². The minimum Gasteiger partial charge on any atom is -0.385 e. The number of amides is 1. The second-order valence-electron chi connectivity index (χ2n) is 5.44. The van der Waals surface area contributed by atoms with E-state index < -0.39 is 5.82 Å². The zero-order valence-electron chi connectivity index (χ0n) is 14.3. The predicted molar refractivity (Wildman–Crippen MR) is 96.0 cm³/mol. The van der Waals surface area contributed by atoms with Crippen LogP contribution in [0, 0.1) is 12.7 Å². The summed E-state index contributed by atoms with van der Waals surface area (Å²) in [5.41, 5.74) is 2.17. The summed E-state index contributed by atoms with van der Waals surface area (Å²) in [5.74, 6) is -0.673. The van der Waals surface area contributed by atoms with Crippen molar-refractivity contribution in [2.75, 3.05) is 30.5 Å². The van der Waals surface area contributed by atoms with Crippen molar-refractivity contribution in [2.45, 2.75) is 20.3 Å². The number of benzene rings is 1. The van der Waals surface area contributed by atoms with Gasteiger partial charge in [-0.1, -0.05) is 6.07 Å². The van der Waals surface area contributed by atoms with Gasteiger partial charge in [0.2, 0.25) is 11.2 Å². The van der Waals surface area contributed by atoms with E-state index in [4.69, 9.17) is 16.3 Å². The monoisotopic (exact) mass is 366 g/mol. The third-order valence-corrected chi connectivity index (χ3v) is 3.77. The van der Waals surface area contributed by atoms with Gasteiger partial charge in [-0.05, 0) is 42.6 Å². The molecule has 2 aromatic rings. The van der Waals surface area contributed by atoms with Crippen LogP contribution in [0.4, 0.5) is 21.6 Å². The maximum atomic E-state index is 14.3. The molecule has 0 atom stereocenters. The van der Waals surface area contributed by atoms with Crippen molar-refractivity contribution in [3.05, 3.63) is 41.1 Å². The van der Waals surface area contributed by atoms with Crippen LogP contribution in [0.15, 0.2) is 24.4 Å². The molecule has 0 spiro atoms. The molecular weight excluding hydrogens is 347 g/mol. The quantitative estimate of drug-likeness (QED) is 0.597. The van der Waals surface area contributed by atoms with Crippen LogP contribution >= 0.6 is 11.6 Å². The molecule has 8 heteroatoms.